The van der Waals surface area contributed by atoms with Crippen LogP contribution in [-0.4, -0.2) is 57.8 Å². The lowest BCUT2D eigenvalue weighted by Crippen LogP contribution is -2.54. The highest BCUT2D eigenvalue weighted by Gasteiger charge is 2.43. The zero-order valence-corrected chi connectivity index (χ0v) is 20.2. The number of nitrogens with zero attached hydrogens (tertiary/aromatic N) is 1. The Morgan fingerprint density at radius 3 is 2.26 bits per heavy atom. The molecule has 2 amide bonds. The van der Waals surface area contributed by atoms with Gasteiger partial charge in [-0.05, 0) is 35.1 Å². The van der Waals surface area contributed by atoms with Crippen molar-refractivity contribution in [2.75, 3.05) is 12.4 Å². The summed E-state index contributed by atoms with van der Waals surface area (Å²) in [6.07, 6.45) is 1.22. The Morgan fingerprint density at radius 1 is 1.09 bits per heavy atom. The van der Waals surface area contributed by atoms with Crippen molar-refractivity contribution >= 4 is 29.7 Å². The summed E-state index contributed by atoms with van der Waals surface area (Å²) < 4.78 is 5.59. The molecule has 0 radical (unpaired) electrons. The molecule has 180 valence electrons. The Bertz CT molecular complexity index is 1030. The third-order valence-electron chi connectivity index (χ3n) is 6.51. The maximum atomic E-state index is 13.3. The molecule has 1 aliphatic carbocycles. The summed E-state index contributed by atoms with van der Waals surface area (Å²) in [6.45, 7) is 3.95. The van der Waals surface area contributed by atoms with Crippen molar-refractivity contribution in [1.82, 2.24) is 10.2 Å². The lowest BCUT2D eigenvalue weighted by atomic mass is 9.98. The molecular formula is C26H30N2O5S. The van der Waals surface area contributed by atoms with E-state index < -0.39 is 24.1 Å². The van der Waals surface area contributed by atoms with E-state index in [2.05, 4.69) is 17.4 Å². The van der Waals surface area contributed by atoms with Crippen molar-refractivity contribution in [3.8, 4) is 11.1 Å². The summed E-state index contributed by atoms with van der Waals surface area (Å²) in [5, 5.41) is 12.1. The molecule has 3 atom stereocenters. The van der Waals surface area contributed by atoms with Gasteiger partial charge in [-0.2, -0.15) is 0 Å². The first-order valence-corrected chi connectivity index (χ1v) is 12.8. The van der Waals surface area contributed by atoms with E-state index in [9.17, 15) is 19.5 Å². The molecule has 2 unspecified atom stereocenters. The van der Waals surface area contributed by atoms with Gasteiger partial charge in [-0.15, -0.1) is 11.8 Å². The molecule has 0 spiro atoms. The zero-order chi connectivity index (χ0) is 24.2. The van der Waals surface area contributed by atoms with Crippen molar-refractivity contribution in [2.24, 2.45) is 0 Å². The quantitative estimate of drug-likeness (QED) is 0.577. The van der Waals surface area contributed by atoms with Crippen molar-refractivity contribution < 1.29 is 24.2 Å². The van der Waals surface area contributed by atoms with Crippen molar-refractivity contribution in [3.05, 3.63) is 59.7 Å². The minimum Gasteiger partial charge on any atom is -0.480 e. The molecule has 0 bridgehead atoms. The Morgan fingerprint density at radius 2 is 1.71 bits per heavy atom. The molecule has 4 rings (SSSR count). The molecule has 0 aromatic heterocycles. The van der Waals surface area contributed by atoms with Crippen molar-refractivity contribution in [3.63, 3.8) is 0 Å². The maximum Gasteiger partial charge on any atom is 0.407 e. The SMILES string of the molecule is CCCC1SCC(C(=O)O)N1C(=O)[C@H](CC)NC(=O)OCC1c2ccccc2-c2ccccc21. The molecule has 0 saturated carbocycles. The number of hydrogen-bond acceptors (Lipinski definition) is 5. The van der Waals surface area contributed by atoms with Gasteiger partial charge >= 0.3 is 12.1 Å². The lowest BCUT2D eigenvalue weighted by molar-refractivity contribution is -0.150. The molecule has 1 aliphatic heterocycles. The zero-order valence-electron chi connectivity index (χ0n) is 19.4. The van der Waals surface area contributed by atoms with Gasteiger partial charge in [0.25, 0.3) is 0 Å². The number of aliphatic carboxylic acids is 1. The van der Waals surface area contributed by atoms with Crippen LogP contribution in [0.5, 0.6) is 0 Å². The van der Waals surface area contributed by atoms with Crippen molar-refractivity contribution in [2.45, 2.75) is 56.5 Å². The highest BCUT2D eigenvalue weighted by Crippen LogP contribution is 2.44. The number of fused-ring (bicyclic) bond motifs is 3. The molecule has 8 heteroatoms. The molecule has 2 aliphatic rings. The Hall–Kier alpha value is -3.00. The number of benzene rings is 2. The number of carbonyl (C=O) groups is 3. The summed E-state index contributed by atoms with van der Waals surface area (Å²) in [5.74, 6) is -1.11. The summed E-state index contributed by atoms with van der Waals surface area (Å²) >= 11 is 1.48. The average molecular weight is 483 g/mol. The van der Waals surface area contributed by atoms with E-state index in [0.29, 0.717) is 18.6 Å². The molecule has 2 aromatic rings. The van der Waals surface area contributed by atoms with Gasteiger partial charge in [0.1, 0.15) is 18.7 Å². The number of amides is 2. The monoisotopic (exact) mass is 482 g/mol. The Balaban J connectivity index is 1.43. The first-order valence-electron chi connectivity index (χ1n) is 11.7. The topological polar surface area (TPSA) is 95.9 Å². The molecule has 34 heavy (non-hydrogen) atoms. The smallest absolute Gasteiger partial charge is 0.407 e. The van der Waals surface area contributed by atoms with E-state index in [-0.39, 0.29) is 23.8 Å². The molecule has 1 fully saturated rings. The Kier molecular flexibility index (Phi) is 7.46. The van der Waals surface area contributed by atoms with Gasteiger partial charge in [-0.1, -0.05) is 68.8 Å². The standard InChI is InChI=1S/C26H30N2O5S/c1-3-9-23-28(22(15-34-23)25(30)31)24(29)21(4-2)27-26(32)33-14-20-18-12-7-5-10-16(18)17-11-6-8-13-19(17)20/h5-8,10-13,20-23H,3-4,9,14-15H2,1-2H3,(H,27,32)(H,30,31)/t21-,22?,23?/m0/s1. The molecule has 2 aromatic carbocycles. The van der Waals surface area contributed by atoms with E-state index in [1.54, 1.807) is 6.92 Å². The molecule has 1 saturated heterocycles. The summed E-state index contributed by atoms with van der Waals surface area (Å²) in [6, 6.07) is 14.5. The van der Waals surface area contributed by atoms with Gasteiger partial charge in [-0.25, -0.2) is 9.59 Å². The van der Waals surface area contributed by atoms with Crippen LogP contribution < -0.4 is 5.32 Å². The fourth-order valence-corrected chi connectivity index (χ4v) is 6.34. The van der Waals surface area contributed by atoms with Crippen LogP contribution in [0.15, 0.2) is 48.5 Å². The fourth-order valence-electron chi connectivity index (χ4n) is 4.82. The highest BCUT2D eigenvalue weighted by atomic mass is 32.2. The predicted octanol–water partition coefficient (Wildman–Crippen LogP) is 4.46. The van der Waals surface area contributed by atoms with Gasteiger partial charge < -0.3 is 20.1 Å². The number of rotatable bonds is 8. The van der Waals surface area contributed by atoms with Crippen LogP contribution in [0, 0.1) is 0 Å². The third kappa shape index (κ3) is 4.64. The second kappa shape index (κ2) is 10.5. The van der Waals surface area contributed by atoms with Crippen LogP contribution in [0.3, 0.4) is 0 Å². The number of carbonyl (C=O) groups excluding carboxylic acids is 2. The summed E-state index contributed by atoms with van der Waals surface area (Å²) in [5.41, 5.74) is 4.50. The number of nitrogens with one attached hydrogen (secondary N) is 1. The van der Waals surface area contributed by atoms with Crippen LogP contribution in [0.4, 0.5) is 4.79 Å². The van der Waals surface area contributed by atoms with Crippen LogP contribution in [-0.2, 0) is 14.3 Å². The van der Waals surface area contributed by atoms with E-state index in [0.717, 1.165) is 28.7 Å². The van der Waals surface area contributed by atoms with Gasteiger partial charge in [0, 0.05) is 11.7 Å². The third-order valence-corrected chi connectivity index (χ3v) is 7.87. The highest BCUT2D eigenvalue weighted by molar-refractivity contribution is 8.00. The summed E-state index contributed by atoms with van der Waals surface area (Å²) in [4.78, 5) is 39.2. The lowest BCUT2D eigenvalue weighted by Gasteiger charge is -2.30. The van der Waals surface area contributed by atoms with E-state index in [1.165, 1.54) is 16.7 Å². The number of thioether (sulfide) groups is 1. The minimum atomic E-state index is -1.02. The van der Waals surface area contributed by atoms with Crippen LogP contribution in [0.25, 0.3) is 11.1 Å². The van der Waals surface area contributed by atoms with Gasteiger partial charge in [0.2, 0.25) is 5.91 Å². The van der Waals surface area contributed by atoms with E-state index in [1.807, 2.05) is 43.3 Å². The van der Waals surface area contributed by atoms with Crippen LogP contribution in [0.2, 0.25) is 0 Å². The van der Waals surface area contributed by atoms with Gasteiger partial charge in [0.15, 0.2) is 0 Å². The predicted molar refractivity (Wildman–Crippen MR) is 132 cm³/mol. The number of alkyl carbamates (subject to hydrolysis) is 1. The second-order valence-corrected chi connectivity index (χ2v) is 9.82. The molecule has 2 N–H and O–H groups in total. The van der Waals surface area contributed by atoms with E-state index in [4.69, 9.17) is 4.74 Å². The molecular weight excluding hydrogens is 452 g/mol. The molecule has 7 nitrogen and oxygen atoms in total. The minimum absolute atomic E-state index is 0.0748. The molecule has 1 heterocycles. The summed E-state index contributed by atoms with van der Waals surface area (Å²) in [7, 11) is 0. The van der Waals surface area contributed by atoms with Crippen LogP contribution in [0.1, 0.15) is 50.2 Å². The van der Waals surface area contributed by atoms with Gasteiger partial charge in [-0.3, -0.25) is 4.79 Å². The number of carboxylic acids is 1. The second-order valence-electron chi connectivity index (χ2n) is 8.61. The number of carboxylic acid groups (broad SMARTS) is 1. The largest absolute Gasteiger partial charge is 0.480 e. The first-order chi connectivity index (χ1) is 16.5. The fraction of sp³-hybridized carbons (Fsp3) is 0.423. The average Bonchev–Trinajstić information content (AvgIpc) is 3.40. The normalized spacial score (nSPS) is 19.9. The first kappa shape index (κ1) is 24.1. The van der Waals surface area contributed by atoms with Gasteiger partial charge in [0.05, 0.1) is 5.37 Å². The van der Waals surface area contributed by atoms with E-state index >= 15 is 0 Å². The van der Waals surface area contributed by atoms with Crippen molar-refractivity contribution in [1.29, 1.82) is 0 Å². The van der Waals surface area contributed by atoms with Crippen LogP contribution >= 0.6 is 11.8 Å². The number of hydrogen-bond donors (Lipinski definition) is 2. The maximum absolute atomic E-state index is 13.3. The Labute approximate surface area is 203 Å². The number of ether oxygens (including phenoxy) is 1.